The van der Waals surface area contributed by atoms with E-state index in [1.807, 2.05) is 0 Å². The molecule has 4 nitrogen and oxygen atoms in total. The summed E-state index contributed by atoms with van der Waals surface area (Å²) in [6.45, 7) is 26.2. The number of unbranched alkanes of at least 4 members (excludes halogenated alkanes) is 16. The normalized spacial score (nSPS) is 17.2. The quantitative estimate of drug-likeness (QED) is 0.0362. The van der Waals surface area contributed by atoms with Crippen LogP contribution in [-0.2, 0) is 49.7 Å². The van der Waals surface area contributed by atoms with Crippen molar-refractivity contribution in [3.05, 3.63) is 151 Å². The van der Waals surface area contributed by atoms with Gasteiger partial charge >= 0.3 is 14.2 Å². The summed E-state index contributed by atoms with van der Waals surface area (Å²) in [5.41, 5.74) is 14.2. The molecule has 0 saturated carbocycles. The third-order valence-electron chi connectivity index (χ3n) is 18.5. The lowest BCUT2D eigenvalue weighted by atomic mass is 9.67. The molecule has 0 N–H and O–H groups in total. The van der Waals surface area contributed by atoms with E-state index >= 15 is 0 Å². The molecular formula is C71H100B2Br2O4. The van der Waals surface area contributed by atoms with E-state index in [4.69, 9.17) is 18.6 Å². The van der Waals surface area contributed by atoms with Gasteiger partial charge in [0, 0.05) is 8.95 Å². The largest absolute Gasteiger partial charge is 0.495 e. The van der Waals surface area contributed by atoms with Crippen molar-refractivity contribution in [2.75, 3.05) is 0 Å². The molecule has 0 amide bonds. The zero-order valence-electron chi connectivity index (χ0n) is 51.3. The van der Waals surface area contributed by atoms with Crippen LogP contribution in [0.5, 0.6) is 0 Å². The van der Waals surface area contributed by atoms with Crippen LogP contribution in [0.4, 0.5) is 0 Å². The van der Waals surface area contributed by atoms with E-state index in [0.29, 0.717) is 0 Å². The molecule has 8 rings (SSSR count). The molecule has 0 radical (unpaired) electrons. The fourth-order valence-corrected chi connectivity index (χ4v) is 12.9. The van der Waals surface area contributed by atoms with Gasteiger partial charge in [-0.2, -0.15) is 0 Å². The van der Waals surface area contributed by atoms with Crippen molar-refractivity contribution < 1.29 is 18.6 Å². The van der Waals surface area contributed by atoms with Crippen LogP contribution in [0.25, 0.3) is 11.1 Å². The Morgan fingerprint density at radius 1 is 0.342 bits per heavy atom. The first kappa shape index (κ1) is 63.6. The highest BCUT2D eigenvalue weighted by atomic mass is 79.9. The summed E-state index contributed by atoms with van der Waals surface area (Å²) in [5, 5.41) is 0. The van der Waals surface area contributed by atoms with Gasteiger partial charge in [-0.15, -0.1) is 0 Å². The molecule has 3 aliphatic rings. The minimum atomic E-state index is -0.365. The Hall–Kier alpha value is -2.97. The maximum atomic E-state index is 6.56. The Balaban J connectivity index is 0.000000233. The standard InChI is InChI=1S/C41H48Br2.C30H52B2O4/c1-3-5-7-9-11-13-15-31-17-21-33(22-18-31)41(34-23-19-32(20-24-34)16-14-12-10-8-6-4-2)39-29-35(42)25-27-37(39)38-28-26-36(43)30-40(38)41;1-11-13-15-17-19-23-21-26(32-35-29(7,8)30(9,10)36-32)24(20-18-16-14-12-2)22-25(23)31-33-27(3,4)28(5,6)34-31/h17-30H,3-16H2,1-2H3;21-22H,11-20H2,1-10H3. The highest BCUT2D eigenvalue weighted by Crippen LogP contribution is 2.57. The van der Waals surface area contributed by atoms with E-state index in [2.05, 4.69) is 212 Å². The Morgan fingerprint density at radius 3 is 0.962 bits per heavy atom. The van der Waals surface area contributed by atoms with Crippen molar-refractivity contribution in [2.24, 2.45) is 0 Å². The van der Waals surface area contributed by atoms with Gasteiger partial charge in [-0.05, 0) is 198 Å². The Kier molecular flexibility index (Phi) is 23.4. The third-order valence-corrected chi connectivity index (χ3v) is 19.5. The first-order valence-corrected chi connectivity index (χ1v) is 33.1. The Morgan fingerprint density at radius 2 is 0.633 bits per heavy atom. The van der Waals surface area contributed by atoms with E-state index in [1.165, 1.54) is 195 Å². The number of aryl methyl sites for hydroxylation is 4. The van der Waals surface area contributed by atoms with E-state index < -0.39 is 0 Å². The zero-order chi connectivity index (χ0) is 56.9. The molecule has 8 heteroatoms. The van der Waals surface area contributed by atoms with Crippen molar-refractivity contribution in [3.63, 3.8) is 0 Å². The molecule has 0 unspecified atom stereocenters. The highest BCUT2D eigenvalue weighted by molar-refractivity contribution is 9.10. The van der Waals surface area contributed by atoms with Crippen molar-refractivity contribution >= 4 is 57.0 Å². The average Bonchev–Trinajstić information content (AvgIpc) is 3.74. The molecule has 0 spiro atoms. The lowest BCUT2D eigenvalue weighted by Crippen LogP contribution is -2.43. The predicted octanol–water partition coefficient (Wildman–Crippen LogP) is 19.9. The second-order valence-corrected chi connectivity index (χ2v) is 27.4. The van der Waals surface area contributed by atoms with E-state index in [1.54, 1.807) is 0 Å². The van der Waals surface area contributed by atoms with Crippen LogP contribution >= 0.6 is 31.9 Å². The summed E-state index contributed by atoms with van der Waals surface area (Å²) in [4.78, 5) is 0. The predicted molar refractivity (Wildman–Crippen MR) is 347 cm³/mol. The lowest BCUT2D eigenvalue weighted by Gasteiger charge is -2.34. The Bertz CT molecular complexity index is 2470. The van der Waals surface area contributed by atoms with Gasteiger partial charge in [0.25, 0.3) is 0 Å². The molecular weight excluding hydrogens is 1100 g/mol. The zero-order valence-corrected chi connectivity index (χ0v) is 54.4. The molecule has 5 aromatic rings. The van der Waals surface area contributed by atoms with Crippen molar-refractivity contribution in [3.8, 4) is 11.1 Å². The highest BCUT2D eigenvalue weighted by Gasteiger charge is 2.54. The molecule has 1 aliphatic carbocycles. The summed E-state index contributed by atoms with van der Waals surface area (Å²) in [5.74, 6) is 0. The molecule has 79 heavy (non-hydrogen) atoms. The fourth-order valence-electron chi connectivity index (χ4n) is 12.1. The summed E-state index contributed by atoms with van der Waals surface area (Å²) in [6.07, 6.45) is 30.2. The van der Waals surface area contributed by atoms with Crippen LogP contribution in [0, 0.1) is 0 Å². The molecule has 2 fully saturated rings. The monoisotopic (exact) mass is 1200 g/mol. The van der Waals surface area contributed by atoms with Crippen LogP contribution < -0.4 is 10.9 Å². The van der Waals surface area contributed by atoms with Gasteiger partial charge in [-0.25, -0.2) is 0 Å². The summed E-state index contributed by atoms with van der Waals surface area (Å²) < 4.78 is 28.5. The number of hydrogen-bond donors (Lipinski definition) is 0. The SMILES string of the molecule is CCCCCCCCc1ccc(C2(c3ccc(CCCCCCCC)cc3)c3cc(Br)ccc3-c3ccc(Br)cc32)cc1.CCCCCCc1cc(B2OC(C)(C)C(C)(C)O2)c(CCCCCC)cc1B1OC(C)(C)C(C)(C)O1. The maximum Gasteiger partial charge on any atom is 0.495 e. The lowest BCUT2D eigenvalue weighted by molar-refractivity contribution is 0.00578. The van der Waals surface area contributed by atoms with Gasteiger partial charge in [0.05, 0.1) is 27.8 Å². The second-order valence-electron chi connectivity index (χ2n) is 25.6. The van der Waals surface area contributed by atoms with Gasteiger partial charge in [0.2, 0.25) is 0 Å². The molecule has 2 aliphatic heterocycles. The molecule has 0 aromatic heterocycles. The van der Waals surface area contributed by atoms with Crippen molar-refractivity contribution in [2.45, 2.75) is 265 Å². The smallest absolute Gasteiger partial charge is 0.399 e. The van der Waals surface area contributed by atoms with Crippen molar-refractivity contribution in [1.82, 2.24) is 0 Å². The summed E-state index contributed by atoms with van der Waals surface area (Å²) in [7, 11) is -0.698. The van der Waals surface area contributed by atoms with E-state index in [9.17, 15) is 0 Å². The topological polar surface area (TPSA) is 36.9 Å². The number of fused-ring (bicyclic) bond motifs is 3. The fraction of sp³-hybridized carbons (Fsp3) is 0.577. The maximum absolute atomic E-state index is 6.56. The van der Waals surface area contributed by atoms with Crippen LogP contribution in [0.15, 0.2) is 106 Å². The third kappa shape index (κ3) is 15.4. The van der Waals surface area contributed by atoms with Gasteiger partial charge in [0.1, 0.15) is 0 Å². The number of benzene rings is 5. The first-order chi connectivity index (χ1) is 37.8. The molecule has 0 bridgehead atoms. The van der Waals surface area contributed by atoms with Crippen LogP contribution in [0.1, 0.15) is 256 Å². The number of halogens is 2. The van der Waals surface area contributed by atoms with Gasteiger partial charge < -0.3 is 18.6 Å². The minimum Gasteiger partial charge on any atom is -0.399 e. The number of hydrogen-bond acceptors (Lipinski definition) is 4. The molecule has 2 heterocycles. The van der Waals surface area contributed by atoms with Gasteiger partial charge in [-0.1, -0.05) is 235 Å². The van der Waals surface area contributed by atoms with E-state index in [0.717, 1.165) is 34.6 Å². The second kappa shape index (κ2) is 29.0. The Labute approximate surface area is 499 Å². The summed E-state index contributed by atoms with van der Waals surface area (Å²) in [6, 6.07) is 37.6. The molecule has 428 valence electrons. The van der Waals surface area contributed by atoms with Crippen LogP contribution in [0.2, 0.25) is 0 Å². The molecule has 5 aromatic carbocycles. The number of rotatable bonds is 28. The van der Waals surface area contributed by atoms with E-state index in [-0.39, 0.29) is 42.1 Å². The first-order valence-electron chi connectivity index (χ1n) is 31.5. The molecule has 2 saturated heterocycles. The van der Waals surface area contributed by atoms with Gasteiger partial charge in [0.15, 0.2) is 0 Å². The minimum absolute atomic E-state index is 0.349. The average molecular weight is 1200 g/mol. The summed E-state index contributed by atoms with van der Waals surface area (Å²) >= 11 is 7.67. The molecule has 0 atom stereocenters. The van der Waals surface area contributed by atoms with Gasteiger partial charge in [-0.3, -0.25) is 0 Å². The van der Waals surface area contributed by atoms with Crippen molar-refractivity contribution in [1.29, 1.82) is 0 Å². The van der Waals surface area contributed by atoms with Crippen LogP contribution in [-0.4, -0.2) is 36.6 Å². The van der Waals surface area contributed by atoms with Crippen LogP contribution in [0.3, 0.4) is 0 Å².